The highest BCUT2D eigenvalue weighted by atomic mass is 32.1. The summed E-state index contributed by atoms with van der Waals surface area (Å²) < 4.78 is 0. The molecule has 0 radical (unpaired) electrons. The normalized spacial score (nSPS) is 17.9. The summed E-state index contributed by atoms with van der Waals surface area (Å²) in [5.41, 5.74) is 1.28. The Balaban J connectivity index is 1.83. The Bertz CT molecular complexity index is 446. The van der Waals surface area contributed by atoms with Crippen LogP contribution in [0, 0.1) is 6.92 Å². The fourth-order valence-corrected chi connectivity index (χ4v) is 3.40. The largest absolute Gasteiger partial charge is 0.339 e. The SMILES string of the molecule is Cc1ccsc1CN(C)C(=O)CN1CCCN(C)CC1. The van der Waals surface area contributed by atoms with Crippen LogP contribution in [-0.2, 0) is 11.3 Å². The van der Waals surface area contributed by atoms with Gasteiger partial charge in [-0.15, -0.1) is 11.3 Å². The van der Waals surface area contributed by atoms with E-state index in [1.54, 1.807) is 11.3 Å². The Labute approximate surface area is 126 Å². The van der Waals surface area contributed by atoms with Gasteiger partial charge in [-0.25, -0.2) is 0 Å². The van der Waals surface area contributed by atoms with E-state index in [2.05, 4.69) is 35.2 Å². The van der Waals surface area contributed by atoms with Crippen molar-refractivity contribution in [1.82, 2.24) is 14.7 Å². The van der Waals surface area contributed by atoms with Gasteiger partial charge in [-0.1, -0.05) is 0 Å². The number of nitrogens with zero attached hydrogens (tertiary/aromatic N) is 3. The minimum atomic E-state index is 0.224. The third-order valence-electron chi connectivity index (χ3n) is 3.95. The van der Waals surface area contributed by atoms with Crippen molar-refractivity contribution < 1.29 is 4.79 Å². The highest BCUT2D eigenvalue weighted by Gasteiger charge is 2.18. The molecule has 2 rings (SSSR count). The van der Waals surface area contributed by atoms with Crippen LogP contribution in [0.5, 0.6) is 0 Å². The first-order valence-electron chi connectivity index (χ1n) is 7.24. The summed E-state index contributed by atoms with van der Waals surface area (Å²) in [5, 5.41) is 2.09. The van der Waals surface area contributed by atoms with E-state index in [-0.39, 0.29) is 5.91 Å². The number of carbonyl (C=O) groups excluding carboxylic acids is 1. The Morgan fingerprint density at radius 2 is 2.15 bits per heavy atom. The monoisotopic (exact) mass is 295 g/mol. The molecule has 1 aliphatic heterocycles. The zero-order chi connectivity index (χ0) is 14.5. The molecular formula is C15H25N3OS. The predicted molar refractivity (Wildman–Crippen MR) is 84.1 cm³/mol. The second-order valence-corrected chi connectivity index (χ2v) is 6.71. The first-order chi connectivity index (χ1) is 9.56. The number of hydrogen-bond donors (Lipinski definition) is 0. The van der Waals surface area contributed by atoms with Crippen molar-refractivity contribution in [1.29, 1.82) is 0 Å². The first kappa shape index (κ1) is 15.5. The summed E-state index contributed by atoms with van der Waals surface area (Å²) in [6.45, 7) is 7.60. The molecule has 1 aromatic rings. The Morgan fingerprint density at radius 1 is 1.35 bits per heavy atom. The molecule has 112 valence electrons. The minimum absolute atomic E-state index is 0.224. The van der Waals surface area contributed by atoms with Crippen LogP contribution in [0.3, 0.4) is 0 Å². The van der Waals surface area contributed by atoms with Crippen LogP contribution < -0.4 is 0 Å². The molecule has 5 heteroatoms. The summed E-state index contributed by atoms with van der Waals surface area (Å²) in [6.07, 6.45) is 1.15. The van der Waals surface area contributed by atoms with E-state index in [4.69, 9.17) is 0 Å². The van der Waals surface area contributed by atoms with Gasteiger partial charge in [0.15, 0.2) is 0 Å². The maximum atomic E-state index is 12.3. The topological polar surface area (TPSA) is 26.8 Å². The van der Waals surface area contributed by atoms with Crippen molar-refractivity contribution >= 4 is 17.2 Å². The number of amides is 1. The lowest BCUT2D eigenvalue weighted by atomic mass is 10.3. The molecule has 20 heavy (non-hydrogen) atoms. The molecule has 4 nitrogen and oxygen atoms in total. The van der Waals surface area contributed by atoms with E-state index >= 15 is 0 Å². The lowest BCUT2D eigenvalue weighted by Crippen LogP contribution is -2.39. The lowest BCUT2D eigenvalue weighted by Gasteiger charge is -2.23. The minimum Gasteiger partial charge on any atom is -0.339 e. The van der Waals surface area contributed by atoms with Gasteiger partial charge in [0.05, 0.1) is 13.1 Å². The van der Waals surface area contributed by atoms with Crippen molar-refractivity contribution in [3.63, 3.8) is 0 Å². The third kappa shape index (κ3) is 4.30. The highest BCUT2D eigenvalue weighted by Crippen LogP contribution is 2.17. The van der Waals surface area contributed by atoms with Crippen LogP contribution in [0.2, 0.25) is 0 Å². The van der Waals surface area contributed by atoms with Crippen molar-refractivity contribution in [2.24, 2.45) is 0 Å². The molecular weight excluding hydrogens is 270 g/mol. The van der Waals surface area contributed by atoms with E-state index in [1.807, 2.05) is 11.9 Å². The predicted octanol–water partition coefficient (Wildman–Crippen LogP) is 1.65. The molecule has 0 saturated carbocycles. The van der Waals surface area contributed by atoms with Crippen molar-refractivity contribution in [2.75, 3.05) is 46.8 Å². The van der Waals surface area contributed by atoms with Gasteiger partial charge in [-0.3, -0.25) is 9.69 Å². The molecule has 1 saturated heterocycles. The van der Waals surface area contributed by atoms with Crippen LogP contribution in [0.4, 0.5) is 0 Å². The zero-order valence-electron chi connectivity index (χ0n) is 12.8. The summed E-state index contributed by atoms with van der Waals surface area (Å²) in [6, 6.07) is 2.11. The van der Waals surface area contributed by atoms with E-state index in [1.165, 1.54) is 10.4 Å². The van der Waals surface area contributed by atoms with E-state index in [0.29, 0.717) is 6.54 Å². The van der Waals surface area contributed by atoms with Crippen LogP contribution in [0.25, 0.3) is 0 Å². The number of thiophene rings is 1. The van der Waals surface area contributed by atoms with Crippen molar-refractivity contribution in [3.8, 4) is 0 Å². The molecule has 1 aromatic heterocycles. The van der Waals surface area contributed by atoms with Gasteiger partial charge in [-0.05, 0) is 50.5 Å². The maximum Gasteiger partial charge on any atom is 0.236 e. The molecule has 0 spiro atoms. The molecule has 0 aliphatic carbocycles. The van der Waals surface area contributed by atoms with Crippen LogP contribution in [-0.4, -0.2) is 67.4 Å². The van der Waals surface area contributed by atoms with Crippen molar-refractivity contribution in [3.05, 3.63) is 21.9 Å². The average molecular weight is 295 g/mol. The van der Waals surface area contributed by atoms with Gasteiger partial charge < -0.3 is 9.80 Å². The van der Waals surface area contributed by atoms with Gasteiger partial charge in [0.1, 0.15) is 0 Å². The zero-order valence-corrected chi connectivity index (χ0v) is 13.6. The van der Waals surface area contributed by atoms with Gasteiger partial charge in [0.2, 0.25) is 5.91 Å². The lowest BCUT2D eigenvalue weighted by molar-refractivity contribution is -0.131. The standard InChI is InChI=1S/C15H25N3OS/c1-13-5-10-20-14(13)11-17(3)15(19)12-18-7-4-6-16(2)8-9-18/h5,10H,4,6-9,11-12H2,1-3H3. The summed E-state index contributed by atoms with van der Waals surface area (Å²) >= 11 is 1.73. The second kappa shape index (κ2) is 7.20. The molecule has 0 bridgehead atoms. The van der Waals surface area contributed by atoms with Gasteiger partial charge >= 0.3 is 0 Å². The summed E-state index contributed by atoms with van der Waals surface area (Å²) in [4.78, 5) is 20.1. The Kier molecular flexibility index (Phi) is 5.57. The summed E-state index contributed by atoms with van der Waals surface area (Å²) in [7, 11) is 4.06. The Hall–Kier alpha value is -0.910. The molecule has 1 fully saturated rings. The van der Waals surface area contributed by atoms with E-state index in [0.717, 1.165) is 39.1 Å². The number of likely N-dealkylation sites (N-methyl/N-ethyl adjacent to an activating group) is 2. The molecule has 1 aliphatic rings. The molecule has 1 amide bonds. The molecule has 0 atom stereocenters. The van der Waals surface area contributed by atoms with Crippen LogP contribution >= 0.6 is 11.3 Å². The maximum absolute atomic E-state index is 12.3. The average Bonchev–Trinajstić information content (AvgIpc) is 2.69. The Morgan fingerprint density at radius 3 is 2.85 bits per heavy atom. The van der Waals surface area contributed by atoms with Gasteiger partial charge in [0, 0.05) is 25.0 Å². The first-order valence-corrected chi connectivity index (χ1v) is 8.12. The fraction of sp³-hybridized carbons (Fsp3) is 0.667. The number of rotatable bonds is 4. The number of aryl methyl sites for hydroxylation is 1. The van der Waals surface area contributed by atoms with Crippen LogP contribution in [0.15, 0.2) is 11.4 Å². The van der Waals surface area contributed by atoms with E-state index in [9.17, 15) is 4.79 Å². The fourth-order valence-electron chi connectivity index (χ4n) is 2.44. The van der Waals surface area contributed by atoms with Crippen molar-refractivity contribution in [2.45, 2.75) is 19.9 Å². The smallest absolute Gasteiger partial charge is 0.236 e. The molecule has 0 N–H and O–H groups in total. The van der Waals surface area contributed by atoms with Crippen LogP contribution in [0.1, 0.15) is 16.9 Å². The second-order valence-electron chi connectivity index (χ2n) is 5.71. The quantitative estimate of drug-likeness (QED) is 0.845. The van der Waals surface area contributed by atoms with Gasteiger partial charge in [-0.2, -0.15) is 0 Å². The summed E-state index contributed by atoms with van der Waals surface area (Å²) in [5.74, 6) is 0.224. The number of hydrogen-bond acceptors (Lipinski definition) is 4. The number of carbonyl (C=O) groups is 1. The van der Waals surface area contributed by atoms with E-state index < -0.39 is 0 Å². The highest BCUT2D eigenvalue weighted by molar-refractivity contribution is 7.10. The molecule has 2 heterocycles. The van der Waals surface area contributed by atoms with Gasteiger partial charge in [0.25, 0.3) is 0 Å². The molecule has 0 aromatic carbocycles. The molecule has 0 unspecified atom stereocenters. The third-order valence-corrected chi connectivity index (χ3v) is 4.95.